The van der Waals surface area contributed by atoms with Gasteiger partial charge in [-0.15, -0.1) is 0 Å². The number of allylic oxidation sites excluding steroid dienone is 2. The number of amides is 2. The van der Waals surface area contributed by atoms with Crippen LogP contribution < -0.4 is 15.4 Å². The van der Waals surface area contributed by atoms with Gasteiger partial charge >= 0.3 is 0 Å². The molecule has 4 rings (SSSR count). The molecule has 1 saturated heterocycles. The van der Waals surface area contributed by atoms with Gasteiger partial charge in [0.25, 0.3) is 0 Å². The van der Waals surface area contributed by atoms with Gasteiger partial charge in [0.05, 0.1) is 18.4 Å². The number of imide groups is 1. The van der Waals surface area contributed by atoms with Crippen LogP contribution in [-0.4, -0.2) is 55.0 Å². The zero-order valence-electron chi connectivity index (χ0n) is 18.3. The van der Waals surface area contributed by atoms with Gasteiger partial charge in [0.15, 0.2) is 5.96 Å². The summed E-state index contributed by atoms with van der Waals surface area (Å²) in [4.78, 5) is 31.7. The van der Waals surface area contributed by atoms with Crippen molar-refractivity contribution in [1.29, 1.82) is 0 Å². The van der Waals surface area contributed by atoms with Crippen molar-refractivity contribution in [2.75, 3.05) is 26.2 Å². The fourth-order valence-corrected chi connectivity index (χ4v) is 4.95. The standard InChI is InChI=1S/C24H32N4O3/c1-3-18(31-19-8-6-5-7-9-19)15-27-24(25-4-2)26-12-13-28-22(29)20-16-10-11-17(14-16)21(20)23(28)30/h5-11,16-18,20-21H,3-4,12-15H2,1-2H3,(H2,25,26,27). The molecule has 2 amide bonds. The summed E-state index contributed by atoms with van der Waals surface area (Å²) in [5.74, 6) is 1.73. The Kier molecular flexibility index (Phi) is 6.59. The summed E-state index contributed by atoms with van der Waals surface area (Å²) in [5.41, 5.74) is 0. The highest BCUT2D eigenvalue weighted by molar-refractivity contribution is 6.06. The average molecular weight is 425 g/mol. The molecule has 166 valence electrons. The van der Waals surface area contributed by atoms with Crippen molar-refractivity contribution in [3.05, 3.63) is 42.5 Å². The molecular formula is C24H32N4O3. The Morgan fingerprint density at radius 3 is 2.39 bits per heavy atom. The number of likely N-dealkylation sites (tertiary alicyclic amines) is 1. The van der Waals surface area contributed by atoms with E-state index in [-0.39, 0.29) is 41.6 Å². The number of hydrogen-bond acceptors (Lipinski definition) is 4. The Hall–Kier alpha value is -2.83. The lowest BCUT2D eigenvalue weighted by Gasteiger charge is -2.19. The van der Waals surface area contributed by atoms with Gasteiger partial charge in [0.1, 0.15) is 11.9 Å². The number of fused-ring (bicyclic) bond motifs is 5. The smallest absolute Gasteiger partial charge is 0.233 e. The SMILES string of the molecule is CCNC(=NCC(CC)Oc1ccccc1)NCCN1C(=O)C2C3C=CC(C3)C2C1=O. The molecule has 5 atom stereocenters. The van der Waals surface area contributed by atoms with Crippen LogP contribution in [0, 0.1) is 23.7 Å². The maximum Gasteiger partial charge on any atom is 0.233 e. The summed E-state index contributed by atoms with van der Waals surface area (Å²) >= 11 is 0. The summed E-state index contributed by atoms with van der Waals surface area (Å²) in [6.07, 6.45) is 6.02. The Labute approximate surface area is 183 Å². The number of carbonyl (C=O) groups excluding carboxylic acids is 2. The van der Waals surface area contributed by atoms with Crippen molar-refractivity contribution in [3.63, 3.8) is 0 Å². The van der Waals surface area contributed by atoms with Gasteiger partial charge in [-0.05, 0) is 43.7 Å². The van der Waals surface area contributed by atoms with E-state index in [1.807, 2.05) is 37.3 Å². The maximum absolute atomic E-state index is 12.8. The van der Waals surface area contributed by atoms with Gasteiger partial charge in [-0.2, -0.15) is 0 Å². The first-order chi connectivity index (χ1) is 15.1. The van der Waals surface area contributed by atoms with Gasteiger partial charge in [-0.3, -0.25) is 14.5 Å². The van der Waals surface area contributed by atoms with Crippen LogP contribution in [0.15, 0.2) is 47.5 Å². The largest absolute Gasteiger partial charge is 0.489 e. The van der Waals surface area contributed by atoms with Crippen LogP contribution in [0.2, 0.25) is 0 Å². The molecule has 1 aromatic carbocycles. The number of nitrogens with one attached hydrogen (secondary N) is 2. The number of aliphatic imine (C=N–C) groups is 1. The van der Waals surface area contributed by atoms with Gasteiger partial charge in [-0.25, -0.2) is 4.99 Å². The number of nitrogens with zero attached hydrogens (tertiary/aromatic N) is 2. The molecule has 7 heteroatoms. The van der Waals surface area contributed by atoms with E-state index in [0.29, 0.717) is 25.6 Å². The third-order valence-corrected chi connectivity index (χ3v) is 6.49. The fraction of sp³-hybridized carbons (Fsp3) is 0.542. The van der Waals surface area contributed by atoms with Gasteiger partial charge in [0.2, 0.25) is 11.8 Å². The van der Waals surface area contributed by atoms with Crippen molar-refractivity contribution in [1.82, 2.24) is 15.5 Å². The van der Waals surface area contributed by atoms with Crippen LogP contribution in [0.1, 0.15) is 26.7 Å². The van der Waals surface area contributed by atoms with Gasteiger partial charge < -0.3 is 15.4 Å². The molecule has 2 bridgehead atoms. The second-order valence-electron chi connectivity index (χ2n) is 8.44. The van der Waals surface area contributed by atoms with Crippen molar-refractivity contribution in [2.45, 2.75) is 32.8 Å². The summed E-state index contributed by atoms with van der Waals surface area (Å²) in [5, 5.41) is 6.48. The second-order valence-corrected chi connectivity index (χ2v) is 8.44. The monoisotopic (exact) mass is 424 g/mol. The van der Waals surface area contributed by atoms with E-state index in [4.69, 9.17) is 4.74 Å². The highest BCUT2D eigenvalue weighted by atomic mass is 16.5. The third-order valence-electron chi connectivity index (χ3n) is 6.49. The molecule has 2 aliphatic carbocycles. The first-order valence-corrected chi connectivity index (χ1v) is 11.4. The lowest BCUT2D eigenvalue weighted by atomic mass is 9.85. The lowest BCUT2D eigenvalue weighted by molar-refractivity contribution is -0.140. The van der Waals surface area contributed by atoms with E-state index in [1.54, 1.807) is 0 Å². The summed E-state index contributed by atoms with van der Waals surface area (Å²) in [6, 6.07) is 9.75. The molecule has 31 heavy (non-hydrogen) atoms. The Balaban J connectivity index is 1.29. The van der Waals surface area contributed by atoms with E-state index in [1.165, 1.54) is 4.90 Å². The molecule has 1 aromatic rings. The normalized spacial score (nSPS) is 27.5. The fourth-order valence-electron chi connectivity index (χ4n) is 4.95. The van der Waals surface area contributed by atoms with Crippen molar-refractivity contribution in [2.24, 2.45) is 28.7 Å². The van der Waals surface area contributed by atoms with Crippen LogP contribution in [0.5, 0.6) is 5.75 Å². The highest BCUT2D eigenvalue weighted by Crippen LogP contribution is 2.52. The van der Waals surface area contributed by atoms with E-state index >= 15 is 0 Å². The molecule has 1 heterocycles. The minimum Gasteiger partial charge on any atom is -0.489 e. The van der Waals surface area contributed by atoms with Crippen molar-refractivity contribution < 1.29 is 14.3 Å². The number of benzene rings is 1. The van der Waals surface area contributed by atoms with Crippen molar-refractivity contribution >= 4 is 17.8 Å². The second kappa shape index (κ2) is 9.54. The molecule has 1 aliphatic heterocycles. The van der Waals surface area contributed by atoms with Crippen molar-refractivity contribution in [3.8, 4) is 5.75 Å². The quantitative estimate of drug-likeness (QED) is 0.275. The van der Waals surface area contributed by atoms with E-state index in [0.717, 1.165) is 25.1 Å². The molecule has 0 spiro atoms. The molecule has 2 fully saturated rings. The average Bonchev–Trinajstić information content (AvgIpc) is 3.47. The van der Waals surface area contributed by atoms with Crippen LogP contribution in [0.3, 0.4) is 0 Å². The Morgan fingerprint density at radius 2 is 1.77 bits per heavy atom. The zero-order valence-corrected chi connectivity index (χ0v) is 18.3. The zero-order chi connectivity index (χ0) is 21.8. The number of guanidine groups is 1. The molecule has 3 aliphatic rings. The molecule has 0 aromatic heterocycles. The molecular weight excluding hydrogens is 392 g/mol. The summed E-state index contributed by atoms with van der Waals surface area (Å²) in [6.45, 7) is 6.16. The highest BCUT2D eigenvalue weighted by Gasteiger charge is 2.58. The topological polar surface area (TPSA) is 83.0 Å². The van der Waals surface area contributed by atoms with Crippen LogP contribution in [-0.2, 0) is 9.59 Å². The molecule has 5 unspecified atom stereocenters. The molecule has 1 saturated carbocycles. The Morgan fingerprint density at radius 1 is 1.10 bits per heavy atom. The minimum absolute atomic E-state index is 0.00195. The predicted molar refractivity (Wildman–Crippen MR) is 120 cm³/mol. The predicted octanol–water partition coefficient (Wildman–Crippen LogP) is 2.21. The molecule has 0 radical (unpaired) electrons. The molecule has 2 N–H and O–H groups in total. The summed E-state index contributed by atoms with van der Waals surface area (Å²) < 4.78 is 6.01. The first-order valence-electron chi connectivity index (χ1n) is 11.4. The number of carbonyl (C=O) groups is 2. The Bertz CT molecular complexity index is 824. The van der Waals surface area contributed by atoms with Crippen LogP contribution >= 0.6 is 0 Å². The molecule has 7 nitrogen and oxygen atoms in total. The first kappa shape index (κ1) is 21.4. The number of ether oxygens (including phenoxy) is 1. The third kappa shape index (κ3) is 4.45. The van der Waals surface area contributed by atoms with Crippen LogP contribution in [0.4, 0.5) is 0 Å². The number of hydrogen-bond donors (Lipinski definition) is 2. The lowest BCUT2D eigenvalue weighted by Crippen LogP contribution is -2.44. The van der Waals surface area contributed by atoms with E-state index in [9.17, 15) is 9.59 Å². The van der Waals surface area contributed by atoms with Gasteiger partial charge in [0, 0.05) is 19.6 Å². The van der Waals surface area contributed by atoms with Gasteiger partial charge in [-0.1, -0.05) is 37.3 Å². The summed E-state index contributed by atoms with van der Waals surface area (Å²) in [7, 11) is 0. The van der Waals surface area contributed by atoms with E-state index < -0.39 is 0 Å². The van der Waals surface area contributed by atoms with Crippen LogP contribution in [0.25, 0.3) is 0 Å². The van der Waals surface area contributed by atoms with E-state index in [2.05, 4.69) is 34.7 Å². The maximum atomic E-state index is 12.8. The number of para-hydroxylation sites is 1. The number of rotatable bonds is 9. The minimum atomic E-state index is -0.134.